The van der Waals surface area contributed by atoms with Gasteiger partial charge in [0, 0.05) is 38.2 Å². The van der Waals surface area contributed by atoms with Crippen LogP contribution < -0.4 is 5.32 Å². The summed E-state index contributed by atoms with van der Waals surface area (Å²) in [6.45, 7) is 5.20. The molecule has 31 heavy (non-hydrogen) atoms. The van der Waals surface area contributed by atoms with Gasteiger partial charge in [0.2, 0.25) is 5.91 Å². The molecule has 0 radical (unpaired) electrons. The highest BCUT2D eigenvalue weighted by molar-refractivity contribution is 5.93. The van der Waals surface area contributed by atoms with Crippen LogP contribution in [-0.4, -0.2) is 48.7 Å². The molecule has 1 N–H and O–H groups in total. The summed E-state index contributed by atoms with van der Waals surface area (Å²) in [7, 11) is 1.56. The molecule has 0 unspecified atom stereocenters. The summed E-state index contributed by atoms with van der Waals surface area (Å²) in [6.07, 6.45) is 1.70. The Hall–Kier alpha value is -3.39. The maximum Gasteiger partial charge on any atom is 0.276 e. The molecule has 0 fully saturated rings. The summed E-state index contributed by atoms with van der Waals surface area (Å²) >= 11 is 0. The largest absolute Gasteiger partial charge is 0.467 e. The Balaban J connectivity index is 1.64. The van der Waals surface area contributed by atoms with Gasteiger partial charge in [0.25, 0.3) is 5.91 Å². The number of nitrogens with zero attached hydrogens (tertiary/aromatic N) is 2. The third-order valence-electron chi connectivity index (χ3n) is 4.89. The fourth-order valence-electron chi connectivity index (χ4n) is 3.11. The molecule has 0 saturated heterocycles. The minimum Gasteiger partial charge on any atom is -0.467 e. The van der Waals surface area contributed by atoms with Crippen molar-refractivity contribution in [1.29, 1.82) is 0 Å². The van der Waals surface area contributed by atoms with Gasteiger partial charge in [-0.3, -0.25) is 9.59 Å². The first-order chi connectivity index (χ1) is 15.0. The number of benzene rings is 1. The minimum absolute atomic E-state index is 0.151. The van der Waals surface area contributed by atoms with E-state index in [1.807, 2.05) is 32.0 Å². The molecule has 0 bridgehead atoms. The van der Waals surface area contributed by atoms with Crippen molar-refractivity contribution in [3.8, 4) is 11.3 Å². The zero-order chi connectivity index (χ0) is 22.2. The third kappa shape index (κ3) is 6.05. The number of ether oxygens (including phenoxy) is 1. The molecule has 1 aromatic carbocycles. The zero-order valence-corrected chi connectivity index (χ0v) is 18.0. The molecule has 3 aromatic rings. The van der Waals surface area contributed by atoms with E-state index in [1.165, 1.54) is 0 Å². The highest BCUT2D eigenvalue weighted by Gasteiger charge is 2.21. The van der Waals surface area contributed by atoms with Crippen LogP contribution in [0.3, 0.4) is 0 Å². The predicted molar refractivity (Wildman–Crippen MR) is 114 cm³/mol. The van der Waals surface area contributed by atoms with Crippen LogP contribution in [0.25, 0.3) is 11.3 Å². The van der Waals surface area contributed by atoms with Gasteiger partial charge in [0.05, 0.1) is 19.4 Å². The predicted octanol–water partition coefficient (Wildman–Crippen LogP) is 3.35. The standard InChI is InChI=1S/C23H27N3O5/c1-16-6-7-17(2)19(13-16)21-14-20(25-31-21)23(28)26(10-12-29-3)9-8-22(27)24-15-18-5-4-11-30-18/h4-7,11,13-14H,8-10,12,15H2,1-3H3,(H,24,27). The number of rotatable bonds is 10. The second kappa shape index (κ2) is 10.6. The Bertz CT molecular complexity index is 1010. The van der Waals surface area contributed by atoms with E-state index in [4.69, 9.17) is 13.7 Å². The lowest BCUT2D eigenvalue weighted by Gasteiger charge is -2.20. The number of hydrogen-bond acceptors (Lipinski definition) is 6. The summed E-state index contributed by atoms with van der Waals surface area (Å²) in [4.78, 5) is 26.7. The number of aryl methyl sites for hydroxylation is 2. The van der Waals surface area contributed by atoms with E-state index in [2.05, 4.69) is 10.5 Å². The van der Waals surface area contributed by atoms with Crippen LogP contribution >= 0.6 is 0 Å². The summed E-state index contributed by atoms with van der Waals surface area (Å²) in [6, 6.07) is 11.2. The number of nitrogens with one attached hydrogen (secondary N) is 1. The fraction of sp³-hybridized carbons (Fsp3) is 0.348. The van der Waals surface area contributed by atoms with Crippen molar-refractivity contribution in [2.24, 2.45) is 0 Å². The topological polar surface area (TPSA) is 97.8 Å². The molecular weight excluding hydrogens is 398 g/mol. The first kappa shape index (κ1) is 22.3. The Morgan fingerprint density at radius 2 is 2.00 bits per heavy atom. The number of furan rings is 1. The second-order valence-corrected chi connectivity index (χ2v) is 7.29. The van der Waals surface area contributed by atoms with Crippen LogP contribution in [0, 0.1) is 13.8 Å². The molecule has 3 rings (SSSR count). The lowest BCUT2D eigenvalue weighted by Crippen LogP contribution is -2.37. The van der Waals surface area contributed by atoms with E-state index < -0.39 is 0 Å². The molecule has 8 nitrogen and oxygen atoms in total. The van der Waals surface area contributed by atoms with E-state index in [9.17, 15) is 9.59 Å². The number of aromatic nitrogens is 1. The van der Waals surface area contributed by atoms with Crippen molar-refractivity contribution in [2.75, 3.05) is 26.8 Å². The highest BCUT2D eigenvalue weighted by Crippen LogP contribution is 2.25. The maximum absolute atomic E-state index is 13.0. The van der Waals surface area contributed by atoms with Crippen molar-refractivity contribution in [1.82, 2.24) is 15.4 Å². The maximum atomic E-state index is 13.0. The average molecular weight is 425 g/mol. The normalized spacial score (nSPS) is 10.8. The number of hydrogen-bond donors (Lipinski definition) is 1. The minimum atomic E-state index is -0.309. The van der Waals surface area contributed by atoms with Crippen LogP contribution in [0.4, 0.5) is 0 Å². The lowest BCUT2D eigenvalue weighted by molar-refractivity contribution is -0.121. The summed E-state index contributed by atoms with van der Waals surface area (Å²) < 4.78 is 15.8. The zero-order valence-electron chi connectivity index (χ0n) is 18.0. The van der Waals surface area contributed by atoms with Crippen LogP contribution in [0.5, 0.6) is 0 Å². The van der Waals surface area contributed by atoms with Gasteiger partial charge >= 0.3 is 0 Å². The van der Waals surface area contributed by atoms with Crippen molar-refractivity contribution in [3.05, 3.63) is 65.2 Å². The monoisotopic (exact) mass is 425 g/mol. The second-order valence-electron chi connectivity index (χ2n) is 7.29. The van der Waals surface area contributed by atoms with E-state index in [1.54, 1.807) is 36.5 Å². The first-order valence-corrected chi connectivity index (χ1v) is 10.1. The van der Waals surface area contributed by atoms with Gasteiger partial charge in [0.1, 0.15) is 5.76 Å². The number of carbonyl (C=O) groups is 2. The summed E-state index contributed by atoms with van der Waals surface area (Å²) in [5.41, 5.74) is 3.22. The summed E-state index contributed by atoms with van der Waals surface area (Å²) in [5, 5.41) is 6.75. The molecule has 0 atom stereocenters. The van der Waals surface area contributed by atoms with Crippen molar-refractivity contribution in [3.63, 3.8) is 0 Å². The van der Waals surface area contributed by atoms with Gasteiger partial charge in [-0.2, -0.15) is 0 Å². The van der Waals surface area contributed by atoms with Crippen molar-refractivity contribution >= 4 is 11.8 Å². The van der Waals surface area contributed by atoms with Gasteiger partial charge in [-0.05, 0) is 37.6 Å². The van der Waals surface area contributed by atoms with Crippen LogP contribution in [0.2, 0.25) is 0 Å². The van der Waals surface area contributed by atoms with E-state index >= 15 is 0 Å². The molecule has 0 spiro atoms. The molecule has 0 saturated carbocycles. The Morgan fingerprint density at radius 3 is 2.74 bits per heavy atom. The molecule has 2 heterocycles. The molecule has 164 valence electrons. The highest BCUT2D eigenvalue weighted by atomic mass is 16.5. The average Bonchev–Trinajstić information content (AvgIpc) is 3.46. The van der Waals surface area contributed by atoms with Crippen molar-refractivity contribution < 1.29 is 23.3 Å². The van der Waals surface area contributed by atoms with Gasteiger partial charge in [0.15, 0.2) is 11.5 Å². The molecule has 8 heteroatoms. The fourth-order valence-corrected chi connectivity index (χ4v) is 3.11. The molecule has 0 aliphatic carbocycles. The number of carbonyl (C=O) groups excluding carboxylic acids is 2. The quantitative estimate of drug-likeness (QED) is 0.535. The van der Waals surface area contributed by atoms with Gasteiger partial charge in [-0.15, -0.1) is 0 Å². The molecular formula is C23H27N3O5. The lowest BCUT2D eigenvalue weighted by atomic mass is 10.0. The first-order valence-electron chi connectivity index (χ1n) is 10.1. The van der Waals surface area contributed by atoms with Gasteiger partial charge < -0.3 is 23.9 Å². The Kier molecular flexibility index (Phi) is 7.61. The van der Waals surface area contributed by atoms with E-state index in [-0.39, 0.29) is 30.5 Å². The Morgan fingerprint density at radius 1 is 1.16 bits per heavy atom. The molecule has 0 aliphatic rings. The number of amides is 2. The van der Waals surface area contributed by atoms with Crippen LogP contribution in [0.1, 0.15) is 33.8 Å². The van der Waals surface area contributed by atoms with E-state index in [0.717, 1.165) is 16.7 Å². The third-order valence-corrected chi connectivity index (χ3v) is 4.89. The van der Waals surface area contributed by atoms with Crippen LogP contribution in [0.15, 0.2) is 51.6 Å². The Labute approximate surface area is 181 Å². The SMILES string of the molecule is COCCN(CCC(=O)NCc1ccco1)C(=O)c1cc(-c2cc(C)ccc2C)on1. The van der Waals surface area contributed by atoms with Crippen molar-refractivity contribution in [2.45, 2.75) is 26.8 Å². The van der Waals surface area contributed by atoms with E-state index in [0.29, 0.717) is 31.2 Å². The summed E-state index contributed by atoms with van der Waals surface area (Å²) in [5.74, 6) is 0.716. The smallest absolute Gasteiger partial charge is 0.276 e. The molecule has 2 amide bonds. The number of methoxy groups -OCH3 is 1. The van der Waals surface area contributed by atoms with Gasteiger partial charge in [-0.25, -0.2) is 0 Å². The molecule has 2 aromatic heterocycles. The van der Waals surface area contributed by atoms with Gasteiger partial charge in [-0.1, -0.05) is 22.9 Å². The van der Waals surface area contributed by atoms with Crippen LogP contribution in [-0.2, 0) is 16.1 Å². The molecule has 0 aliphatic heterocycles.